The summed E-state index contributed by atoms with van der Waals surface area (Å²) in [6, 6.07) is 16.8. The molecule has 3 amide bonds. The topological polar surface area (TPSA) is 104 Å². The van der Waals surface area contributed by atoms with Crippen molar-refractivity contribution in [2.24, 2.45) is 5.41 Å². The number of fused-ring (bicyclic) bond motifs is 3. The van der Waals surface area contributed by atoms with E-state index in [-0.39, 0.29) is 27.9 Å². The van der Waals surface area contributed by atoms with Crippen LogP contribution in [0.4, 0.5) is 27.3 Å². The molecular formula is C38H33ClFN5O4S2. The third-order valence-corrected chi connectivity index (χ3v) is 12.3. The van der Waals surface area contributed by atoms with E-state index in [4.69, 9.17) is 16.3 Å². The maximum absolute atomic E-state index is 14.3. The number of carbonyl (C=O) groups excluding carboxylic acids is 3. The highest BCUT2D eigenvalue weighted by molar-refractivity contribution is 7.23. The molecule has 0 aliphatic carbocycles. The number of benzene rings is 2. The molecule has 6 heterocycles. The average molecular weight is 742 g/mol. The maximum Gasteiger partial charge on any atom is 0.265 e. The van der Waals surface area contributed by atoms with Gasteiger partial charge in [-0.3, -0.25) is 14.4 Å². The monoisotopic (exact) mass is 741 g/mol. The number of nitrogens with zero attached hydrogens (tertiary/aromatic N) is 3. The molecule has 2 aromatic carbocycles. The molecule has 0 atom stereocenters. The van der Waals surface area contributed by atoms with Gasteiger partial charge in [0.2, 0.25) is 0 Å². The predicted octanol–water partition coefficient (Wildman–Crippen LogP) is 8.30. The summed E-state index contributed by atoms with van der Waals surface area (Å²) in [7, 11) is 0. The van der Waals surface area contributed by atoms with Crippen molar-refractivity contribution in [3.05, 3.63) is 110 Å². The van der Waals surface area contributed by atoms with Gasteiger partial charge in [0.15, 0.2) is 0 Å². The first-order valence-electron chi connectivity index (χ1n) is 16.7. The number of amides is 3. The van der Waals surface area contributed by atoms with E-state index in [0.29, 0.717) is 40.5 Å². The molecule has 3 aromatic heterocycles. The summed E-state index contributed by atoms with van der Waals surface area (Å²) in [6.45, 7) is 5.60. The van der Waals surface area contributed by atoms with Crippen molar-refractivity contribution in [1.82, 2.24) is 4.98 Å². The molecular weight excluding hydrogens is 709 g/mol. The van der Waals surface area contributed by atoms with Crippen molar-refractivity contribution >= 4 is 74.9 Å². The number of rotatable bonds is 6. The van der Waals surface area contributed by atoms with Crippen LogP contribution < -0.4 is 20.4 Å². The zero-order chi connectivity index (χ0) is 35.3. The zero-order valence-corrected chi connectivity index (χ0v) is 30.0. The number of anilines is 4. The summed E-state index contributed by atoms with van der Waals surface area (Å²) >= 11 is 8.93. The number of hydrogen-bond acceptors (Lipinski definition) is 8. The van der Waals surface area contributed by atoms with E-state index in [2.05, 4.69) is 20.5 Å². The fourth-order valence-electron chi connectivity index (χ4n) is 7.02. The molecule has 1 spiro atoms. The summed E-state index contributed by atoms with van der Waals surface area (Å²) < 4.78 is 19.9. The first-order valence-corrected chi connectivity index (χ1v) is 18.7. The summed E-state index contributed by atoms with van der Waals surface area (Å²) in [6.07, 6.45) is 4.37. The summed E-state index contributed by atoms with van der Waals surface area (Å²) in [5.41, 5.74) is 4.37. The number of nitrogens with one attached hydrogen (secondary N) is 2. The van der Waals surface area contributed by atoms with Crippen molar-refractivity contribution < 1.29 is 23.5 Å². The quantitative estimate of drug-likeness (QED) is 0.182. The number of aryl methyl sites for hydroxylation is 1. The normalized spacial score (nSPS) is 16.1. The molecule has 5 aromatic rings. The van der Waals surface area contributed by atoms with Crippen LogP contribution in [0.15, 0.2) is 72.2 Å². The lowest BCUT2D eigenvalue weighted by Crippen LogP contribution is -2.59. The molecule has 13 heteroatoms. The Morgan fingerprint density at radius 3 is 2.53 bits per heavy atom. The number of aromatic nitrogens is 1. The molecule has 2 fully saturated rings. The summed E-state index contributed by atoms with van der Waals surface area (Å²) in [5, 5.41) is 7.66. The Balaban J connectivity index is 0.960. The van der Waals surface area contributed by atoms with Crippen molar-refractivity contribution in [3.8, 4) is 9.75 Å². The summed E-state index contributed by atoms with van der Waals surface area (Å²) in [5.74, 6) is -0.787. The number of carbonyl (C=O) groups is 3. The van der Waals surface area contributed by atoms with Crippen LogP contribution in [0.3, 0.4) is 0 Å². The van der Waals surface area contributed by atoms with Crippen molar-refractivity contribution in [2.75, 3.05) is 53.3 Å². The lowest BCUT2D eigenvalue weighted by molar-refractivity contribution is -0.000511. The fraction of sp³-hybridized carbons (Fsp3) is 0.263. The molecule has 2 saturated heterocycles. The number of halogens is 2. The smallest absolute Gasteiger partial charge is 0.265 e. The average Bonchev–Trinajstić information content (AvgIpc) is 3.74. The molecule has 0 bridgehead atoms. The SMILES string of the molecule is Cc1cnc(N2CC3(CCOCC3)C2)c(C(=O)Nc2ccc(C(=O)N3CCc4cc(C(=O)Nc5c(F)cccc5Cl)sc4-c4sccc43)cc2)c1. The number of hydrogen-bond donors (Lipinski definition) is 2. The molecule has 3 aliphatic rings. The van der Waals surface area contributed by atoms with Crippen molar-refractivity contribution in [2.45, 2.75) is 26.2 Å². The first kappa shape index (κ1) is 33.5. The number of thiophene rings is 2. The van der Waals surface area contributed by atoms with E-state index in [1.54, 1.807) is 41.4 Å². The van der Waals surface area contributed by atoms with Gasteiger partial charge in [-0.1, -0.05) is 17.7 Å². The van der Waals surface area contributed by atoms with Gasteiger partial charge in [-0.15, -0.1) is 22.7 Å². The Bertz CT molecular complexity index is 2150. The lowest BCUT2D eigenvalue weighted by Gasteiger charge is -2.53. The molecule has 51 heavy (non-hydrogen) atoms. The highest BCUT2D eigenvalue weighted by Gasteiger charge is 2.45. The number of para-hydroxylation sites is 1. The van der Waals surface area contributed by atoms with Gasteiger partial charge in [-0.05, 0) is 97.3 Å². The molecule has 9 nitrogen and oxygen atoms in total. The van der Waals surface area contributed by atoms with Gasteiger partial charge < -0.3 is 25.2 Å². The van der Waals surface area contributed by atoms with Gasteiger partial charge >= 0.3 is 0 Å². The second-order valence-electron chi connectivity index (χ2n) is 13.2. The van der Waals surface area contributed by atoms with Crippen LogP contribution >= 0.6 is 34.3 Å². The van der Waals surface area contributed by atoms with E-state index >= 15 is 0 Å². The zero-order valence-electron chi connectivity index (χ0n) is 27.6. The van der Waals surface area contributed by atoms with Crippen LogP contribution in [0.25, 0.3) is 9.75 Å². The second-order valence-corrected chi connectivity index (χ2v) is 15.6. The van der Waals surface area contributed by atoms with Crippen molar-refractivity contribution in [1.29, 1.82) is 0 Å². The Morgan fingerprint density at radius 1 is 0.980 bits per heavy atom. The molecule has 260 valence electrons. The number of ether oxygens (including phenoxy) is 1. The highest BCUT2D eigenvalue weighted by atomic mass is 35.5. The third-order valence-electron chi connectivity index (χ3n) is 9.77. The van der Waals surface area contributed by atoms with Crippen LogP contribution in [-0.4, -0.2) is 55.6 Å². The first-order chi connectivity index (χ1) is 24.7. The van der Waals surface area contributed by atoms with Gasteiger partial charge in [-0.25, -0.2) is 9.37 Å². The van der Waals surface area contributed by atoms with E-state index in [1.807, 2.05) is 24.4 Å². The molecule has 0 radical (unpaired) electrons. The number of pyridine rings is 1. The van der Waals surface area contributed by atoms with Gasteiger partial charge in [-0.2, -0.15) is 0 Å². The van der Waals surface area contributed by atoms with Crippen LogP contribution in [0.2, 0.25) is 5.02 Å². The Morgan fingerprint density at radius 2 is 1.76 bits per heavy atom. The minimum absolute atomic E-state index is 0.0564. The van der Waals surface area contributed by atoms with Crippen LogP contribution in [0, 0.1) is 18.2 Å². The van der Waals surface area contributed by atoms with Crippen LogP contribution in [0.1, 0.15) is 54.4 Å². The molecule has 2 N–H and O–H groups in total. The van der Waals surface area contributed by atoms with E-state index in [0.717, 1.165) is 65.7 Å². The van der Waals surface area contributed by atoms with Gasteiger partial charge in [0.25, 0.3) is 17.7 Å². The minimum Gasteiger partial charge on any atom is -0.381 e. The Labute approximate surface area is 307 Å². The standard InChI is InChI=1S/C38H33ClFN5O4S2/c1-22-17-26(34(41-19-22)44-20-38(21-44)11-14-49-15-12-38)35(46)42-25-7-5-23(6-8-25)37(48)45-13-9-24-18-30(51-32(24)33-29(45)10-16-50-33)36(47)43-31-27(39)3-2-4-28(31)40/h2-8,10,16-19H,9,11-15,20-21H2,1H3,(H,42,46)(H,43,47). The van der Waals surface area contributed by atoms with E-state index < -0.39 is 11.7 Å². The summed E-state index contributed by atoms with van der Waals surface area (Å²) in [4.78, 5) is 51.4. The molecule has 8 rings (SSSR count). The largest absolute Gasteiger partial charge is 0.381 e. The third kappa shape index (κ3) is 6.41. The van der Waals surface area contributed by atoms with Crippen LogP contribution in [-0.2, 0) is 11.2 Å². The molecule has 0 unspecified atom stereocenters. The van der Waals surface area contributed by atoms with Crippen LogP contribution in [0.5, 0.6) is 0 Å². The van der Waals surface area contributed by atoms with E-state index in [1.165, 1.54) is 40.9 Å². The van der Waals surface area contributed by atoms with Gasteiger partial charge in [0.05, 0.1) is 36.6 Å². The highest BCUT2D eigenvalue weighted by Crippen LogP contribution is 2.46. The van der Waals surface area contributed by atoms with Gasteiger partial charge in [0, 0.05) is 55.7 Å². The van der Waals surface area contributed by atoms with Crippen molar-refractivity contribution in [3.63, 3.8) is 0 Å². The van der Waals surface area contributed by atoms with E-state index in [9.17, 15) is 18.8 Å². The molecule has 3 aliphatic heterocycles. The fourth-order valence-corrected chi connectivity index (χ4v) is 9.43. The predicted molar refractivity (Wildman–Crippen MR) is 200 cm³/mol. The Kier molecular flexibility index (Phi) is 8.87. The Hall–Kier alpha value is -4.62. The second kappa shape index (κ2) is 13.5. The minimum atomic E-state index is -0.609. The molecule has 0 saturated carbocycles. The lowest BCUT2D eigenvalue weighted by atomic mass is 9.73. The van der Waals surface area contributed by atoms with Gasteiger partial charge in [0.1, 0.15) is 11.6 Å². The maximum atomic E-state index is 14.3.